The molecule has 0 spiro atoms. The second kappa shape index (κ2) is 7.45. The number of rotatable bonds is 4. The molecule has 0 saturated heterocycles. The molecule has 2 rings (SSSR count). The van der Waals surface area contributed by atoms with E-state index >= 15 is 0 Å². The number of sulfone groups is 1. The number of carbonyl (C=O) groups is 1. The average molecular weight is 430 g/mol. The quantitative estimate of drug-likeness (QED) is 0.739. The van der Waals surface area contributed by atoms with E-state index in [2.05, 4.69) is 10.3 Å². The molecule has 0 unspecified atom stereocenters. The van der Waals surface area contributed by atoms with Crippen molar-refractivity contribution < 1.29 is 17.9 Å². The van der Waals surface area contributed by atoms with Crippen LogP contribution in [-0.2, 0) is 14.6 Å². The van der Waals surface area contributed by atoms with Crippen LogP contribution in [0.4, 0.5) is 9.93 Å². The smallest absolute Gasteiger partial charge is 0.413 e. The van der Waals surface area contributed by atoms with Gasteiger partial charge in [0.2, 0.25) is 3.79 Å². The van der Waals surface area contributed by atoms with Crippen LogP contribution in [0.3, 0.4) is 0 Å². The highest BCUT2D eigenvalue weighted by molar-refractivity contribution is 7.90. The van der Waals surface area contributed by atoms with Gasteiger partial charge < -0.3 is 4.74 Å². The second-order valence-corrected chi connectivity index (χ2v) is 10.0. The van der Waals surface area contributed by atoms with E-state index in [-0.39, 0.29) is 4.90 Å². The summed E-state index contributed by atoms with van der Waals surface area (Å²) in [5.41, 5.74) is 1.29. The molecular formula is C13H11Cl3N2O4S2. The van der Waals surface area contributed by atoms with Crippen molar-refractivity contribution in [3.05, 3.63) is 29.6 Å². The molecule has 1 amide bonds. The van der Waals surface area contributed by atoms with Gasteiger partial charge in [0.1, 0.15) is 6.61 Å². The van der Waals surface area contributed by atoms with E-state index in [1.165, 1.54) is 23.5 Å². The first-order valence-corrected chi connectivity index (χ1v) is 10.2. The highest BCUT2D eigenvalue weighted by Gasteiger charge is 2.22. The first-order valence-electron chi connectivity index (χ1n) is 6.31. The van der Waals surface area contributed by atoms with Gasteiger partial charge in [-0.2, -0.15) is 0 Å². The number of nitrogens with one attached hydrogen (secondary N) is 1. The number of anilines is 1. The van der Waals surface area contributed by atoms with Crippen LogP contribution in [0.1, 0.15) is 0 Å². The fourth-order valence-corrected chi connectivity index (χ4v) is 3.11. The first-order chi connectivity index (χ1) is 11.0. The van der Waals surface area contributed by atoms with Crippen molar-refractivity contribution in [1.29, 1.82) is 0 Å². The number of ether oxygens (including phenoxy) is 1. The lowest BCUT2D eigenvalue weighted by Gasteiger charge is -2.10. The predicted octanol–water partition coefficient (Wildman–Crippen LogP) is 4.13. The molecule has 0 aliphatic carbocycles. The lowest BCUT2D eigenvalue weighted by molar-refractivity contribution is 0.164. The standard InChI is InChI=1S/C13H11Cl3N2O4S2/c1-24(20,21)9-4-2-8(3-5-9)10-6-23-11(17-10)18-12(19)22-7-13(14,15)16/h2-6H,7H2,1H3,(H,17,18,19). The van der Waals surface area contributed by atoms with E-state index < -0.39 is 26.3 Å². The molecule has 1 N–H and O–H groups in total. The number of hydrogen-bond donors (Lipinski definition) is 1. The van der Waals surface area contributed by atoms with Crippen LogP contribution in [0, 0.1) is 0 Å². The third-order valence-electron chi connectivity index (χ3n) is 2.66. The SMILES string of the molecule is CS(=O)(=O)c1ccc(-c2csc(NC(=O)OCC(Cl)(Cl)Cl)n2)cc1. The summed E-state index contributed by atoms with van der Waals surface area (Å²) in [5.74, 6) is 0. The van der Waals surface area contributed by atoms with Crippen molar-refractivity contribution in [1.82, 2.24) is 4.98 Å². The molecule has 0 aliphatic rings. The summed E-state index contributed by atoms with van der Waals surface area (Å²) in [7, 11) is -3.25. The van der Waals surface area contributed by atoms with Crippen LogP contribution >= 0.6 is 46.1 Å². The molecule has 0 atom stereocenters. The zero-order valence-corrected chi connectivity index (χ0v) is 16.0. The molecule has 0 saturated carbocycles. The van der Waals surface area contributed by atoms with Crippen LogP contribution in [0.2, 0.25) is 0 Å². The largest absolute Gasteiger partial charge is 0.445 e. The Bertz CT molecular complexity index is 830. The molecule has 6 nitrogen and oxygen atoms in total. The number of thiazole rings is 1. The van der Waals surface area contributed by atoms with Gasteiger partial charge in [-0.15, -0.1) is 11.3 Å². The summed E-state index contributed by atoms with van der Waals surface area (Å²) in [4.78, 5) is 16.0. The Kier molecular flexibility index (Phi) is 5.98. The minimum absolute atomic E-state index is 0.218. The second-order valence-electron chi connectivity index (χ2n) is 4.65. The van der Waals surface area contributed by atoms with Gasteiger partial charge in [-0.25, -0.2) is 18.2 Å². The van der Waals surface area contributed by atoms with Crippen LogP contribution in [0.25, 0.3) is 11.3 Å². The molecule has 1 heterocycles. The zero-order valence-electron chi connectivity index (χ0n) is 12.1. The number of alkyl halides is 3. The number of aromatic nitrogens is 1. The van der Waals surface area contributed by atoms with Crippen molar-refractivity contribution in [2.45, 2.75) is 8.69 Å². The first kappa shape index (κ1) is 19.3. The van der Waals surface area contributed by atoms with Crippen LogP contribution < -0.4 is 5.32 Å². The monoisotopic (exact) mass is 428 g/mol. The Morgan fingerprint density at radius 1 is 1.29 bits per heavy atom. The van der Waals surface area contributed by atoms with E-state index in [1.54, 1.807) is 17.5 Å². The topological polar surface area (TPSA) is 85.4 Å². The maximum Gasteiger partial charge on any atom is 0.413 e. The summed E-state index contributed by atoms with van der Waals surface area (Å²) in [6.07, 6.45) is 0.338. The summed E-state index contributed by atoms with van der Waals surface area (Å²) in [5, 5.41) is 4.42. The minimum Gasteiger partial charge on any atom is -0.445 e. The number of carbonyl (C=O) groups excluding carboxylic acids is 1. The van der Waals surface area contributed by atoms with Gasteiger partial charge in [0.05, 0.1) is 10.6 Å². The lowest BCUT2D eigenvalue weighted by Crippen LogP contribution is -2.21. The highest BCUT2D eigenvalue weighted by Crippen LogP contribution is 2.27. The van der Waals surface area contributed by atoms with Crippen molar-refractivity contribution in [2.24, 2.45) is 0 Å². The number of amides is 1. The van der Waals surface area contributed by atoms with E-state index in [4.69, 9.17) is 39.5 Å². The number of halogens is 3. The Hall–Kier alpha value is -1.06. The van der Waals surface area contributed by atoms with Gasteiger partial charge in [0.15, 0.2) is 15.0 Å². The maximum atomic E-state index is 11.6. The molecule has 0 fully saturated rings. The van der Waals surface area contributed by atoms with Crippen LogP contribution in [0.5, 0.6) is 0 Å². The molecule has 1 aromatic carbocycles. The van der Waals surface area contributed by atoms with E-state index in [1.807, 2.05) is 0 Å². The average Bonchev–Trinajstić information content (AvgIpc) is 2.92. The molecule has 0 bridgehead atoms. The third-order valence-corrected chi connectivity index (χ3v) is 4.87. The zero-order chi connectivity index (χ0) is 18.0. The van der Waals surface area contributed by atoms with Crippen molar-refractivity contribution in [3.63, 3.8) is 0 Å². The molecule has 2 aromatic rings. The van der Waals surface area contributed by atoms with Gasteiger partial charge in [-0.3, -0.25) is 5.32 Å². The van der Waals surface area contributed by atoms with Crippen molar-refractivity contribution >= 4 is 67.2 Å². The molecule has 24 heavy (non-hydrogen) atoms. The Morgan fingerprint density at radius 3 is 2.46 bits per heavy atom. The molecule has 130 valence electrons. The fourth-order valence-electron chi connectivity index (χ4n) is 1.61. The van der Waals surface area contributed by atoms with Crippen LogP contribution in [0.15, 0.2) is 34.5 Å². The summed E-state index contributed by atoms with van der Waals surface area (Å²) in [6, 6.07) is 6.26. The van der Waals surface area contributed by atoms with Gasteiger partial charge in [0.25, 0.3) is 0 Å². The maximum absolute atomic E-state index is 11.6. The molecule has 0 aliphatic heterocycles. The summed E-state index contributed by atoms with van der Waals surface area (Å²) in [6.45, 7) is -0.394. The van der Waals surface area contributed by atoms with E-state index in [0.29, 0.717) is 16.4 Å². The van der Waals surface area contributed by atoms with Crippen molar-refractivity contribution in [3.8, 4) is 11.3 Å². The Labute approximate surface area is 157 Å². The van der Waals surface area contributed by atoms with Crippen molar-refractivity contribution in [2.75, 3.05) is 18.2 Å². The van der Waals surface area contributed by atoms with E-state index in [0.717, 1.165) is 6.26 Å². The Balaban J connectivity index is 2.04. The Morgan fingerprint density at radius 2 is 1.92 bits per heavy atom. The predicted molar refractivity (Wildman–Crippen MR) is 95.9 cm³/mol. The van der Waals surface area contributed by atoms with Gasteiger partial charge >= 0.3 is 6.09 Å². The van der Waals surface area contributed by atoms with Gasteiger partial charge in [0, 0.05) is 17.2 Å². The number of benzene rings is 1. The van der Waals surface area contributed by atoms with Gasteiger partial charge in [-0.05, 0) is 12.1 Å². The molecular weight excluding hydrogens is 419 g/mol. The molecule has 1 aromatic heterocycles. The lowest BCUT2D eigenvalue weighted by atomic mass is 10.2. The molecule has 0 radical (unpaired) electrons. The van der Waals surface area contributed by atoms with E-state index in [9.17, 15) is 13.2 Å². The van der Waals surface area contributed by atoms with Crippen LogP contribution in [-0.4, -0.2) is 36.2 Å². The normalized spacial score (nSPS) is 12.0. The fraction of sp³-hybridized carbons (Fsp3) is 0.231. The van der Waals surface area contributed by atoms with Gasteiger partial charge in [-0.1, -0.05) is 46.9 Å². The summed E-state index contributed by atoms with van der Waals surface area (Å²) >= 11 is 17.6. The molecule has 11 heteroatoms. The third kappa shape index (κ3) is 5.78. The number of nitrogens with zero attached hydrogens (tertiary/aromatic N) is 1. The summed E-state index contributed by atoms with van der Waals surface area (Å²) < 4.78 is 25.9. The number of hydrogen-bond acceptors (Lipinski definition) is 6. The highest BCUT2D eigenvalue weighted by atomic mass is 35.6. The minimum atomic E-state index is -3.25.